The monoisotopic (exact) mass is 348 g/mol. The van der Waals surface area contributed by atoms with Crippen LogP contribution in [0, 0.1) is 0 Å². The molecule has 2 aromatic heterocycles. The molecule has 2 heterocycles. The van der Waals surface area contributed by atoms with Gasteiger partial charge in [0.05, 0.1) is 12.1 Å². The molecule has 0 unspecified atom stereocenters. The van der Waals surface area contributed by atoms with Gasteiger partial charge in [0.15, 0.2) is 0 Å². The predicted octanol–water partition coefficient (Wildman–Crippen LogP) is 4.96. The second-order valence-corrected chi connectivity index (χ2v) is 7.36. The first-order valence-electron chi connectivity index (χ1n) is 8.55. The number of aryl methyl sites for hydroxylation is 1. The van der Waals surface area contributed by atoms with Gasteiger partial charge in [-0.2, -0.15) is 0 Å². The quantitative estimate of drug-likeness (QED) is 0.545. The van der Waals surface area contributed by atoms with E-state index >= 15 is 0 Å². The van der Waals surface area contributed by atoms with Crippen molar-refractivity contribution < 1.29 is 4.79 Å². The third-order valence-electron chi connectivity index (χ3n) is 4.65. The first-order chi connectivity index (χ1) is 12.2. The minimum Gasteiger partial charge on any atom is -0.366 e. The molecule has 25 heavy (non-hydrogen) atoms. The van der Waals surface area contributed by atoms with Gasteiger partial charge in [0.25, 0.3) is 0 Å². The van der Waals surface area contributed by atoms with Crippen molar-refractivity contribution in [1.29, 1.82) is 0 Å². The van der Waals surface area contributed by atoms with Gasteiger partial charge in [0.1, 0.15) is 0 Å². The van der Waals surface area contributed by atoms with Crippen LogP contribution in [0.5, 0.6) is 0 Å². The lowest BCUT2D eigenvalue weighted by Crippen LogP contribution is -2.11. The van der Waals surface area contributed by atoms with E-state index < -0.39 is 0 Å². The van der Waals surface area contributed by atoms with Crippen LogP contribution in [0.1, 0.15) is 34.1 Å². The number of hydrogen-bond donors (Lipinski definition) is 1. The first-order valence-corrected chi connectivity index (χ1v) is 9.43. The summed E-state index contributed by atoms with van der Waals surface area (Å²) in [6.07, 6.45) is 2.17. The molecule has 0 radical (unpaired) electrons. The summed E-state index contributed by atoms with van der Waals surface area (Å²) < 4.78 is 2.31. The van der Waals surface area contributed by atoms with E-state index in [0.29, 0.717) is 5.56 Å². The zero-order valence-electron chi connectivity index (χ0n) is 14.2. The molecule has 0 saturated carbocycles. The van der Waals surface area contributed by atoms with Crippen LogP contribution in [0.25, 0.3) is 21.8 Å². The van der Waals surface area contributed by atoms with Gasteiger partial charge in [0.2, 0.25) is 5.91 Å². The Morgan fingerprint density at radius 1 is 1.12 bits per heavy atom. The molecule has 0 aliphatic heterocycles. The summed E-state index contributed by atoms with van der Waals surface area (Å²) in [4.78, 5) is 13.3. The van der Waals surface area contributed by atoms with Crippen molar-refractivity contribution in [2.45, 2.75) is 26.3 Å². The molecular weight excluding hydrogens is 328 g/mol. The summed E-state index contributed by atoms with van der Waals surface area (Å²) in [6, 6.07) is 16.6. The van der Waals surface area contributed by atoms with E-state index in [-0.39, 0.29) is 5.91 Å². The average Bonchev–Trinajstić information content (AvgIpc) is 3.22. The van der Waals surface area contributed by atoms with E-state index in [4.69, 9.17) is 5.73 Å². The maximum absolute atomic E-state index is 12.0. The molecule has 2 aromatic carbocycles. The highest BCUT2D eigenvalue weighted by atomic mass is 32.1. The van der Waals surface area contributed by atoms with Crippen LogP contribution >= 0.6 is 11.3 Å². The molecule has 4 aromatic rings. The lowest BCUT2D eigenvalue weighted by atomic mass is 10.0. The van der Waals surface area contributed by atoms with Crippen molar-refractivity contribution in [1.82, 2.24) is 4.57 Å². The number of nitrogens with zero attached hydrogens (tertiary/aromatic N) is 1. The fraction of sp³-hybridized carbons (Fsp3) is 0.190. The molecule has 0 atom stereocenters. The van der Waals surface area contributed by atoms with Gasteiger partial charge >= 0.3 is 0 Å². The molecular formula is C21H20N2OS. The smallest absolute Gasteiger partial charge is 0.249 e. The summed E-state index contributed by atoms with van der Waals surface area (Å²) in [5.74, 6) is -0.376. The third kappa shape index (κ3) is 2.72. The highest BCUT2D eigenvalue weighted by molar-refractivity contribution is 7.09. The molecule has 0 saturated heterocycles. The van der Waals surface area contributed by atoms with E-state index in [9.17, 15) is 4.79 Å². The first kappa shape index (κ1) is 15.9. The lowest BCUT2D eigenvalue weighted by molar-refractivity contribution is 0.100. The van der Waals surface area contributed by atoms with Crippen molar-refractivity contribution >= 4 is 39.0 Å². The highest BCUT2D eigenvalue weighted by Crippen LogP contribution is 2.33. The number of aromatic nitrogens is 1. The van der Waals surface area contributed by atoms with Crippen molar-refractivity contribution in [3.63, 3.8) is 0 Å². The fourth-order valence-electron chi connectivity index (χ4n) is 3.57. The predicted molar refractivity (Wildman–Crippen MR) is 105 cm³/mol. The topological polar surface area (TPSA) is 48.0 Å². The summed E-state index contributed by atoms with van der Waals surface area (Å²) in [5.41, 5.74) is 9.80. The van der Waals surface area contributed by atoms with Gasteiger partial charge in [-0.1, -0.05) is 37.6 Å². The van der Waals surface area contributed by atoms with Gasteiger partial charge in [-0.15, -0.1) is 11.3 Å². The molecule has 0 fully saturated rings. The maximum Gasteiger partial charge on any atom is 0.249 e. The number of thiophene rings is 1. The Labute approximate surface area is 150 Å². The Morgan fingerprint density at radius 2 is 2.00 bits per heavy atom. The van der Waals surface area contributed by atoms with Gasteiger partial charge in [-0.05, 0) is 41.6 Å². The van der Waals surface area contributed by atoms with Gasteiger partial charge in [0, 0.05) is 26.7 Å². The molecule has 3 nitrogen and oxygen atoms in total. The standard InChI is InChI=1S/C21H20N2OS/c1-2-5-14-9-10-16-19(12-14)23(13-15-6-4-11-25-15)18-8-3-7-17(20(16)18)21(22)24/h3-4,6-12H,2,5,13H2,1H3,(H2,22,24). The number of hydrogen-bond acceptors (Lipinski definition) is 2. The number of benzene rings is 2. The molecule has 2 N–H and O–H groups in total. The number of nitrogens with two attached hydrogens (primary N) is 1. The van der Waals surface area contributed by atoms with Crippen LogP contribution in [0.2, 0.25) is 0 Å². The van der Waals surface area contributed by atoms with Gasteiger partial charge in [-0.3, -0.25) is 4.79 Å². The Kier molecular flexibility index (Phi) is 4.06. The normalized spacial score (nSPS) is 11.4. The van der Waals surface area contributed by atoms with Crippen molar-refractivity contribution in [2.75, 3.05) is 0 Å². The van der Waals surface area contributed by atoms with Gasteiger partial charge in [-0.25, -0.2) is 0 Å². The van der Waals surface area contributed by atoms with Crippen molar-refractivity contribution in [3.8, 4) is 0 Å². The third-order valence-corrected chi connectivity index (χ3v) is 5.51. The summed E-state index contributed by atoms with van der Waals surface area (Å²) in [6.45, 7) is 2.99. The molecule has 1 amide bonds. The zero-order valence-corrected chi connectivity index (χ0v) is 15.0. The largest absolute Gasteiger partial charge is 0.366 e. The average molecular weight is 348 g/mol. The van der Waals surface area contributed by atoms with Crippen LogP contribution in [0.3, 0.4) is 0 Å². The second-order valence-electron chi connectivity index (χ2n) is 6.33. The number of carbonyl (C=O) groups excluding carboxylic acids is 1. The Hall–Kier alpha value is -2.59. The zero-order chi connectivity index (χ0) is 17.4. The van der Waals surface area contributed by atoms with E-state index in [1.807, 2.05) is 12.1 Å². The van der Waals surface area contributed by atoms with Crippen LogP contribution < -0.4 is 5.73 Å². The van der Waals surface area contributed by atoms with Crippen molar-refractivity contribution in [3.05, 3.63) is 69.9 Å². The Morgan fingerprint density at radius 3 is 2.72 bits per heavy atom. The second kappa shape index (κ2) is 6.37. The molecule has 0 spiro atoms. The molecule has 0 aliphatic rings. The number of primary amides is 1. The highest BCUT2D eigenvalue weighted by Gasteiger charge is 2.17. The van der Waals surface area contributed by atoms with E-state index in [2.05, 4.69) is 53.3 Å². The Balaban J connectivity index is 2.05. The number of carbonyl (C=O) groups is 1. The number of rotatable bonds is 5. The van der Waals surface area contributed by atoms with Gasteiger partial charge < -0.3 is 10.3 Å². The maximum atomic E-state index is 12.0. The molecule has 4 rings (SSSR count). The molecule has 4 heteroatoms. The summed E-state index contributed by atoms with van der Waals surface area (Å²) in [7, 11) is 0. The SMILES string of the molecule is CCCc1ccc2c3c(C(N)=O)cccc3n(Cc3cccs3)c2c1. The fourth-order valence-corrected chi connectivity index (χ4v) is 4.26. The molecule has 0 aliphatic carbocycles. The Bertz CT molecular complexity index is 1060. The minimum absolute atomic E-state index is 0.376. The van der Waals surface area contributed by atoms with E-state index in [0.717, 1.165) is 35.7 Å². The van der Waals surface area contributed by atoms with Crippen LogP contribution in [0.15, 0.2) is 53.9 Å². The minimum atomic E-state index is -0.376. The van der Waals surface area contributed by atoms with E-state index in [1.54, 1.807) is 11.3 Å². The molecule has 126 valence electrons. The number of fused-ring (bicyclic) bond motifs is 3. The number of amides is 1. The van der Waals surface area contributed by atoms with Crippen LogP contribution in [0.4, 0.5) is 0 Å². The van der Waals surface area contributed by atoms with E-state index in [1.165, 1.54) is 16.0 Å². The van der Waals surface area contributed by atoms with Crippen LogP contribution in [-0.2, 0) is 13.0 Å². The lowest BCUT2D eigenvalue weighted by Gasteiger charge is -2.07. The molecule has 0 bridgehead atoms. The summed E-state index contributed by atoms with van der Waals surface area (Å²) >= 11 is 1.75. The van der Waals surface area contributed by atoms with Crippen LogP contribution in [-0.4, -0.2) is 10.5 Å². The summed E-state index contributed by atoms with van der Waals surface area (Å²) in [5, 5.41) is 4.16. The van der Waals surface area contributed by atoms with Crippen molar-refractivity contribution in [2.24, 2.45) is 5.73 Å².